The fraction of sp³-hybridized carbons (Fsp3) is 1.00. The second-order valence-electron chi connectivity index (χ2n) is 5.00. The minimum atomic E-state index is 0.221. The van der Waals surface area contributed by atoms with Crippen LogP contribution in [0.1, 0.15) is 26.7 Å². The molecule has 4 nitrogen and oxygen atoms in total. The topological polar surface area (TPSA) is 24.9 Å². The Bertz CT molecular complexity index is 162. The van der Waals surface area contributed by atoms with Crippen LogP contribution < -0.4 is 0 Å². The van der Waals surface area contributed by atoms with Crippen LogP contribution in [0.5, 0.6) is 0 Å². The van der Waals surface area contributed by atoms with E-state index in [1.54, 1.807) is 0 Å². The average molecular weight is 296 g/mol. The van der Waals surface area contributed by atoms with Crippen molar-refractivity contribution in [2.24, 2.45) is 0 Å². The van der Waals surface area contributed by atoms with Crippen LogP contribution in [0.15, 0.2) is 0 Å². The number of hydrogen-bond donors (Lipinski definition) is 0. The molecule has 0 N–H and O–H groups in total. The fourth-order valence-electron chi connectivity index (χ4n) is 1.07. The first-order chi connectivity index (χ1) is 7.91. The molecular weight excluding hydrogens is 268 g/mol. The van der Waals surface area contributed by atoms with Crippen LogP contribution in [0.3, 0.4) is 0 Å². The average Bonchev–Trinajstić information content (AvgIpc) is 2.23. The predicted molar refractivity (Wildman–Crippen MR) is 67.4 cm³/mol. The molecule has 0 fully saturated rings. The molecule has 5 heteroatoms. The van der Waals surface area contributed by atoms with Crippen LogP contribution in [-0.2, 0) is 23.3 Å². The Labute approximate surface area is 113 Å². The summed E-state index contributed by atoms with van der Waals surface area (Å²) in [5.41, 5.74) is 0. The molecule has 0 bridgehead atoms. The van der Waals surface area contributed by atoms with Gasteiger partial charge in [-0.25, -0.2) is 0 Å². The Hall–Kier alpha value is 0.359. The first-order valence-electron chi connectivity index (χ1n) is 6.11. The van der Waals surface area contributed by atoms with Crippen molar-refractivity contribution in [3.05, 3.63) is 0 Å². The van der Waals surface area contributed by atoms with E-state index in [0.717, 1.165) is 25.9 Å². The van der Waals surface area contributed by atoms with Crippen LogP contribution in [0.25, 0.3) is 0 Å². The molecule has 0 saturated heterocycles. The van der Waals surface area contributed by atoms with Gasteiger partial charge in [-0.1, -0.05) is 0 Å². The summed E-state index contributed by atoms with van der Waals surface area (Å²) >= 11 is 1.23. The number of nitrogens with zero attached hydrogens (tertiary/aromatic N) is 2. The third kappa shape index (κ3) is 12.6. The molecule has 0 amide bonds. The van der Waals surface area contributed by atoms with E-state index in [2.05, 4.69) is 51.8 Å². The Morgan fingerprint density at radius 1 is 0.824 bits per heavy atom. The molecule has 0 heterocycles. The van der Waals surface area contributed by atoms with E-state index in [4.69, 9.17) is 7.64 Å². The second kappa shape index (κ2) is 10.3. The standard InChI is InChI=1S/2C6H14NO.Cu/c2*1-6(8)4-5-7(2)3;/h2*6H,4-5H2,1-3H3;/q2*-1;+2. The van der Waals surface area contributed by atoms with E-state index in [-0.39, 0.29) is 12.2 Å². The molecule has 0 aromatic heterocycles. The molecule has 0 aliphatic carbocycles. The third-order valence-corrected chi connectivity index (χ3v) is 3.21. The van der Waals surface area contributed by atoms with E-state index in [9.17, 15) is 0 Å². The molecule has 0 aromatic carbocycles. The Kier molecular flexibility index (Phi) is 10.5. The Balaban J connectivity index is 3.42. The summed E-state index contributed by atoms with van der Waals surface area (Å²) in [6.07, 6.45) is 2.48. The molecule has 0 saturated carbocycles. The summed E-state index contributed by atoms with van der Waals surface area (Å²) in [7, 11) is 8.27. The van der Waals surface area contributed by atoms with Gasteiger partial charge in [-0.15, -0.1) is 0 Å². The normalized spacial score (nSPS) is 15.8. The van der Waals surface area contributed by atoms with Crippen molar-refractivity contribution in [3.63, 3.8) is 0 Å². The molecule has 0 spiro atoms. The molecule has 0 aromatic rings. The van der Waals surface area contributed by atoms with Crippen LogP contribution in [0, 0.1) is 0 Å². The van der Waals surface area contributed by atoms with E-state index in [1.165, 1.54) is 15.6 Å². The SMILES string of the molecule is CC(CCN(C)C)[O][Cu][O]C(C)CCN(C)C. The van der Waals surface area contributed by atoms with Gasteiger partial charge >= 0.3 is 113 Å². The summed E-state index contributed by atoms with van der Waals surface area (Å²) in [5, 5.41) is 0. The van der Waals surface area contributed by atoms with Crippen molar-refractivity contribution >= 4 is 0 Å². The van der Waals surface area contributed by atoms with Crippen molar-refractivity contribution in [3.8, 4) is 0 Å². The van der Waals surface area contributed by atoms with E-state index in [0.29, 0.717) is 0 Å². The first kappa shape index (κ1) is 17.4. The summed E-state index contributed by atoms with van der Waals surface area (Å²) < 4.78 is 11.0. The van der Waals surface area contributed by atoms with Gasteiger partial charge in [-0.3, -0.25) is 0 Å². The van der Waals surface area contributed by atoms with Crippen LogP contribution >= 0.6 is 0 Å². The molecular formula is C12H28CuN2O2. The van der Waals surface area contributed by atoms with E-state index in [1.807, 2.05) is 0 Å². The number of rotatable bonds is 10. The monoisotopic (exact) mass is 295 g/mol. The predicted octanol–water partition coefficient (Wildman–Crippen LogP) is 1.61. The fourth-order valence-corrected chi connectivity index (χ4v) is 1.65. The second-order valence-corrected chi connectivity index (χ2v) is 5.60. The quantitative estimate of drug-likeness (QED) is 0.572. The van der Waals surface area contributed by atoms with Crippen molar-refractivity contribution in [1.82, 2.24) is 9.80 Å². The van der Waals surface area contributed by atoms with Crippen molar-refractivity contribution < 1.29 is 23.3 Å². The van der Waals surface area contributed by atoms with Crippen molar-refractivity contribution in [1.29, 1.82) is 0 Å². The molecule has 0 aliphatic heterocycles. The Morgan fingerprint density at radius 3 is 1.47 bits per heavy atom. The van der Waals surface area contributed by atoms with Gasteiger partial charge in [0.2, 0.25) is 0 Å². The molecule has 2 atom stereocenters. The Morgan fingerprint density at radius 2 is 1.18 bits per heavy atom. The van der Waals surface area contributed by atoms with Gasteiger partial charge in [0, 0.05) is 0 Å². The first-order valence-corrected chi connectivity index (χ1v) is 6.88. The summed E-state index contributed by atoms with van der Waals surface area (Å²) in [6, 6.07) is 0. The van der Waals surface area contributed by atoms with Gasteiger partial charge in [-0.05, 0) is 0 Å². The third-order valence-electron chi connectivity index (χ3n) is 2.27. The van der Waals surface area contributed by atoms with Gasteiger partial charge in [0.15, 0.2) is 0 Å². The zero-order valence-corrected chi connectivity index (χ0v) is 12.9. The van der Waals surface area contributed by atoms with Gasteiger partial charge in [0.25, 0.3) is 0 Å². The molecule has 109 valence electrons. The zero-order valence-electron chi connectivity index (χ0n) is 12.0. The molecule has 17 heavy (non-hydrogen) atoms. The zero-order chi connectivity index (χ0) is 13.3. The maximum atomic E-state index is 5.51. The minimum absolute atomic E-state index is 0.221. The van der Waals surface area contributed by atoms with Crippen LogP contribution in [-0.4, -0.2) is 63.3 Å². The summed E-state index contributed by atoms with van der Waals surface area (Å²) in [4.78, 5) is 4.31. The molecule has 2 unspecified atom stereocenters. The van der Waals surface area contributed by atoms with Gasteiger partial charge < -0.3 is 0 Å². The van der Waals surface area contributed by atoms with Gasteiger partial charge in [0.1, 0.15) is 0 Å². The van der Waals surface area contributed by atoms with Crippen molar-refractivity contribution in [2.45, 2.75) is 38.9 Å². The molecule has 0 aliphatic rings. The van der Waals surface area contributed by atoms with Crippen LogP contribution in [0.2, 0.25) is 0 Å². The number of hydrogen-bond acceptors (Lipinski definition) is 4. The summed E-state index contributed by atoms with van der Waals surface area (Å²) in [6.45, 7) is 6.22. The van der Waals surface area contributed by atoms with E-state index < -0.39 is 0 Å². The molecule has 0 rings (SSSR count). The van der Waals surface area contributed by atoms with Crippen LogP contribution in [0.4, 0.5) is 0 Å². The van der Waals surface area contributed by atoms with E-state index >= 15 is 0 Å². The van der Waals surface area contributed by atoms with Gasteiger partial charge in [-0.2, -0.15) is 0 Å². The maximum absolute atomic E-state index is 5.51. The van der Waals surface area contributed by atoms with Crippen molar-refractivity contribution in [2.75, 3.05) is 41.3 Å². The molecule has 0 radical (unpaired) electrons. The summed E-state index contributed by atoms with van der Waals surface area (Å²) in [5.74, 6) is 0. The van der Waals surface area contributed by atoms with Gasteiger partial charge in [0.05, 0.1) is 0 Å².